The van der Waals surface area contributed by atoms with Gasteiger partial charge in [-0.3, -0.25) is 0 Å². The molecule has 0 aliphatic rings. The van der Waals surface area contributed by atoms with Crippen LogP contribution in [0.4, 0.5) is 0 Å². The Morgan fingerprint density at radius 3 is 2.45 bits per heavy atom. The topological polar surface area (TPSA) is 21.3 Å². The lowest BCUT2D eigenvalue weighted by Crippen LogP contribution is -2.33. The monoisotopic (exact) mass is 277 g/mol. The molecule has 0 saturated carbocycles. The smallest absolute Gasteiger partial charge is 0.0462 e. The quantitative estimate of drug-likeness (QED) is 0.649. The van der Waals surface area contributed by atoms with Gasteiger partial charge in [-0.1, -0.05) is 44.2 Å². The lowest BCUT2D eigenvalue weighted by Gasteiger charge is -2.29. The van der Waals surface area contributed by atoms with Crippen LogP contribution >= 0.6 is 0 Å². The summed E-state index contributed by atoms with van der Waals surface area (Å²) in [6.45, 7) is 8.95. The second-order valence-electron chi connectivity index (χ2n) is 6.36. The molecule has 20 heavy (non-hydrogen) atoms. The molecule has 0 aromatic heterocycles. The van der Waals surface area contributed by atoms with E-state index in [9.17, 15) is 0 Å². The summed E-state index contributed by atoms with van der Waals surface area (Å²) < 4.78 is 5.06. The zero-order valence-corrected chi connectivity index (χ0v) is 13.6. The molecule has 0 fully saturated rings. The molecule has 1 N–H and O–H groups in total. The van der Waals surface area contributed by atoms with Crippen LogP contribution in [0.25, 0.3) is 0 Å². The average molecular weight is 277 g/mol. The van der Waals surface area contributed by atoms with Crippen molar-refractivity contribution in [2.24, 2.45) is 0 Å². The van der Waals surface area contributed by atoms with Gasteiger partial charge in [-0.15, -0.1) is 0 Å². The van der Waals surface area contributed by atoms with Gasteiger partial charge in [0.05, 0.1) is 0 Å². The third kappa shape index (κ3) is 6.53. The molecule has 2 nitrogen and oxygen atoms in total. The van der Waals surface area contributed by atoms with E-state index in [1.165, 1.54) is 24.8 Å². The van der Waals surface area contributed by atoms with Crippen molar-refractivity contribution in [2.75, 3.05) is 20.3 Å². The van der Waals surface area contributed by atoms with Gasteiger partial charge in [0.25, 0.3) is 0 Å². The predicted molar refractivity (Wildman–Crippen MR) is 87.3 cm³/mol. The third-order valence-electron chi connectivity index (χ3n) is 3.89. The van der Waals surface area contributed by atoms with Crippen LogP contribution in [0.3, 0.4) is 0 Å². The Kier molecular flexibility index (Phi) is 7.86. The molecule has 0 saturated heterocycles. The number of methoxy groups -OCH3 is 1. The SMILES string of the molecule is COCCCCCNC(C)CC(C)(C)c1ccccc1. The van der Waals surface area contributed by atoms with Gasteiger partial charge in [0.2, 0.25) is 0 Å². The second-order valence-corrected chi connectivity index (χ2v) is 6.36. The van der Waals surface area contributed by atoms with E-state index in [2.05, 4.69) is 56.4 Å². The summed E-state index contributed by atoms with van der Waals surface area (Å²) >= 11 is 0. The van der Waals surface area contributed by atoms with Crippen LogP contribution in [0.15, 0.2) is 30.3 Å². The Morgan fingerprint density at radius 2 is 1.80 bits per heavy atom. The molecule has 2 heteroatoms. The van der Waals surface area contributed by atoms with E-state index in [-0.39, 0.29) is 5.41 Å². The summed E-state index contributed by atoms with van der Waals surface area (Å²) in [5.41, 5.74) is 1.65. The number of hydrogen-bond acceptors (Lipinski definition) is 2. The molecule has 114 valence electrons. The van der Waals surface area contributed by atoms with E-state index in [4.69, 9.17) is 4.74 Å². The fraction of sp³-hybridized carbons (Fsp3) is 0.667. The van der Waals surface area contributed by atoms with Crippen molar-refractivity contribution in [1.82, 2.24) is 5.32 Å². The maximum absolute atomic E-state index is 5.06. The minimum absolute atomic E-state index is 0.226. The van der Waals surface area contributed by atoms with E-state index in [1.807, 2.05) is 0 Å². The number of ether oxygens (including phenoxy) is 1. The largest absolute Gasteiger partial charge is 0.385 e. The normalized spacial score (nSPS) is 13.4. The molecule has 0 spiro atoms. The number of hydrogen-bond donors (Lipinski definition) is 1. The summed E-state index contributed by atoms with van der Waals surface area (Å²) in [7, 11) is 1.77. The van der Waals surface area contributed by atoms with Gasteiger partial charge in [0.1, 0.15) is 0 Å². The molecule has 0 heterocycles. The highest BCUT2D eigenvalue weighted by Crippen LogP contribution is 2.28. The van der Waals surface area contributed by atoms with Crippen molar-refractivity contribution in [2.45, 2.75) is 57.9 Å². The van der Waals surface area contributed by atoms with Crippen molar-refractivity contribution >= 4 is 0 Å². The van der Waals surface area contributed by atoms with Crippen molar-refractivity contribution < 1.29 is 4.74 Å². The highest BCUT2D eigenvalue weighted by molar-refractivity contribution is 5.23. The first-order valence-corrected chi connectivity index (χ1v) is 7.84. The molecule has 1 rings (SSSR count). The highest BCUT2D eigenvalue weighted by Gasteiger charge is 2.22. The zero-order chi connectivity index (χ0) is 14.8. The molecular weight excluding hydrogens is 246 g/mol. The van der Waals surface area contributed by atoms with Gasteiger partial charge in [0, 0.05) is 19.8 Å². The number of nitrogens with one attached hydrogen (secondary N) is 1. The first-order valence-electron chi connectivity index (χ1n) is 7.84. The second kappa shape index (κ2) is 9.15. The van der Waals surface area contributed by atoms with Crippen LogP contribution < -0.4 is 5.32 Å². The van der Waals surface area contributed by atoms with Crippen molar-refractivity contribution in [1.29, 1.82) is 0 Å². The standard InChI is InChI=1S/C18H31NO/c1-16(19-13-9-6-10-14-20-4)15-18(2,3)17-11-7-5-8-12-17/h5,7-8,11-12,16,19H,6,9-10,13-15H2,1-4H3. The lowest BCUT2D eigenvalue weighted by molar-refractivity contribution is 0.192. The van der Waals surface area contributed by atoms with Crippen LogP contribution in [-0.4, -0.2) is 26.3 Å². The van der Waals surface area contributed by atoms with Crippen LogP contribution in [0.2, 0.25) is 0 Å². The third-order valence-corrected chi connectivity index (χ3v) is 3.89. The molecule has 0 aliphatic heterocycles. The van der Waals surface area contributed by atoms with Gasteiger partial charge in [-0.25, -0.2) is 0 Å². The van der Waals surface area contributed by atoms with Crippen LogP contribution in [-0.2, 0) is 10.2 Å². The molecule has 1 aromatic carbocycles. The first kappa shape index (κ1) is 17.2. The Hall–Kier alpha value is -0.860. The van der Waals surface area contributed by atoms with Crippen molar-refractivity contribution in [3.8, 4) is 0 Å². The highest BCUT2D eigenvalue weighted by atomic mass is 16.5. The fourth-order valence-corrected chi connectivity index (χ4v) is 2.74. The van der Waals surface area contributed by atoms with Gasteiger partial charge >= 0.3 is 0 Å². The zero-order valence-electron chi connectivity index (χ0n) is 13.6. The number of unbranched alkanes of at least 4 members (excludes halogenated alkanes) is 2. The Balaban J connectivity index is 2.26. The Labute approximate surface area is 124 Å². The minimum atomic E-state index is 0.226. The van der Waals surface area contributed by atoms with Crippen LogP contribution in [0, 0.1) is 0 Å². The van der Waals surface area contributed by atoms with E-state index in [1.54, 1.807) is 7.11 Å². The maximum atomic E-state index is 5.06. The fourth-order valence-electron chi connectivity index (χ4n) is 2.74. The Morgan fingerprint density at radius 1 is 1.10 bits per heavy atom. The maximum Gasteiger partial charge on any atom is 0.0462 e. The van der Waals surface area contributed by atoms with E-state index < -0.39 is 0 Å². The summed E-state index contributed by atoms with van der Waals surface area (Å²) in [5, 5.41) is 3.64. The lowest BCUT2D eigenvalue weighted by atomic mass is 9.79. The summed E-state index contributed by atoms with van der Waals surface area (Å²) in [4.78, 5) is 0. The molecule has 1 aromatic rings. The van der Waals surface area contributed by atoms with E-state index in [0.717, 1.165) is 19.6 Å². The molecule has 0 amide bonds. The number of rotatable bonds is 10. The van der Waals surface area contributed by atoms with Crippen molar-refractivity contribution in [3.63, 3.8) is 0 Å². The summed E-state index contributed by atoms with van der Waals surface area (Å²) in [6.07, 6.45) is 4.81. The average Bonchev–Trinajstić information content (AvgIpc) is 2.43. The van der Waals surface area contributed by atoms with E-state index in [0.29, 0.717) is 6.04 Å². The van der Waals surface area contributed by atoms with Gasteiger partial charge < -0.3 is 10.1 Å². The van der Waals surface area contributed by atoms with Crippen molar-refractivity contribution in [3.05, 3.63) is 35.9 Å². The number of benzene rings is 1. The summed E-state index contributed by atoms with van der Waals surface area (Å²) in [6, 6.07) is 11.4. The molecule has 1 atom stereocenters. The van der Waals surface area contributed by atoms with Crippen LogP contribution in [0.5, 0.6) is 0 Å². The van der Waals surface area contributed by atoms with Gasteiger partial charge in [0.15, 0.2) is 0 Å². The molecular formula is C18H31NO. The predicted octanol–water partition coefficient (Wildman–Crippen LogP) is 4.15. The van der Waals surface area contributed by atoms with Crippen LogP contribution in [0.1, 0.15) is 52.0 Å². The molecule has 1 unspecified atom stereocenters. The van der Waals surface area contributed by atoms with E-state index >= 15 is 0 Å². The van der Waals surface area contributed by atoms with Gasteiger partial charge in [-0.2, -0.15) is 0 Å². The molecule has 0 radical (unpaired) electrons. The van der Waals surface area contributed by atoms with Gasteiger partial charge in [-0.05, 0) is 50.1 Å². The first-order chi connectivity index (χ1) is 9.56. The Bertz CT molecular complexity index is 348. The molecule has 0 bridgehead atoms. The summed E-state index contributed by atoms with van der Waals surface area (Å²) in [5.74, 6) is 0. The minimum Gasteiger partial charge on any atom is -0.385 e. The molecule has 0 aliphatic carbocycles.